The van der Waals surface area contributed by atoms with Gasteiger partial charge in [-0.2, -0.15) is 14.3 Å². The summed E-state index contributed by atoms with van der Waals surface area (Å²) in [5.74, 6) is -0.338. The number of aliphatic hydroxyl groups is 2. The van der Waals surface area contributed by atoms with Gasteiger partial charge in [-0.25, -0.2) is 23.4 Å². The largest absolute Gasteiger partial charge is 0.488 e. The van der Waals surface area contributed by atoms with E-state index < -0.39 is 91.9 Å². The van der Waals surface area contributed by atoms with E-state index in [9.17, 15) is 43.0 Å². The third-order valence-electron chi connectivity index (χ3n) is 6.85. The number of nitrogen functional groups attached to an aromatic ring is 2. The fourth-order valence-corrected chi connectivity index (χ4v) is 8.55. The number of fused-ring (bicyclic) bond motifs is 2. The summed E-state index contributed by atoms with van der Waals surface area (Å²) >= 11 is 0. The highest BCUT2D eigenvalue weighted by Crippen LogP contribution is 2.66. The van der Waals surface area contributed by atoms with E-state index in [1.807, 2.05) is 0 Å². The van der Waals surface area contributed by atoms with Crippen molar-refractivity contribution in [3.05, 3.63) is 33.4 Å². The molecule has 4 aromatic heterocycles. The normalized spacial score (nSPS) is 25.7. The monoisotopic (exact) mass is 854 g/mol. The maximum atomic E-state index is 11.9. The number of hydrogen-bond acceptors (Lipinski definition) is 20. The van der Waals surface area contributed by atoms with Crippen molar-refractivity contribution in [2.75, 3.05) is 24.2 Å². The van der Waals surface area contributed by atoms with E-state index >= 15 is 0 Å². The third kappa shape index (κ3) is 10.5. The number of H-pyrrole nitrogens is 2. The maximum absolute atomic E-state index is 11.9. The Bertz CT molecular complexity index is 2320. The summed E-state index contributed by atoms with van der Waals surface area (Å²) in [6, 6.07) is 0. The fraction of sp³-hybridized carbons (Fsp3) is 0.500. The van der Waals surface area contributed by atoms with Crippen LogP contribution in [0.3, 0.4) is 0 Å². The maximum Gasteiger partial charge on any atom is 0.488 e. The quantitative estimate of drug-likeness (QED) is 0.0638. The molecule has 0 spiro atoms. The molecule has 0 radical (unpaired) electrons. The molecule has 2 aliphatic heterocycles. The van der Waals surface area contributed by atoms with Crippen LogP contribution in [0.4, 0.5) is 11.9 Å². The second-order valence-electron chi connectivity index (χ2n) is 11.1. The number of rotatable bonds is 12. The number of aromatic amines is 2. The number of hydrogen-bond donors (Lipinski definition) is 12. The standard InChI is InChI=1S/C10H16N5O13P3.C10H14N5O7P/c11-10-13-7-6(8(17)14-10)12-2-15(7)9-4(16)1-5(26-9)25-3-29(18,19)27-31(23,24)28-30(20,21)22;11-10-13-7-6(8(17)14-10)12-2-15(7)9-4(16)1-5(22-9)21-3-23(18,19)20/h2,4-5,9,16H,1,3H2,(H,18,19)(H,23,24)(H2,20,21,22)(H3,11,13,14,17);2,4-5,9,16H,1,3H2,(H2,18,19,20)(H3,11,13,14,17)/t2*4?,5-,9+/m00/s1. The molecule has 0 amide bonds. The molecule has 30 nitrogen and oxygen atoms in total. The van der Waals surface area contributed by atoms with Crippen molar-refractivity contribution < 1.29 is 85.4 Å². The first kappa shape index (κ1) is 41.8. The van der Waals surface area contributed by atoms with Gasteiger partial charge in [-0.1, -0.05) is 0 Å². The van der Waals surface area contributed by atoms with E-state index in [2.05, 4.69) is 38.5 Å². The van der Waals surface area contributed by atoms with Crippen molar-refractivity contribution in [1.29, 1.82) is 0 Å². The molecular formula is C20H30N10O20P4. The number of imidazole rings is 2. The summed E-state index contributed by atoms with van der Waals surface area (Å²) in [6.45, 7) is 0. The number of nitrogens with zero attached hydrogens (tertiary/aromatic N) is 6. The lowest BCUT2D eigenvalue weighted by Gasteiger charge is -2.19. The van der Waals surface area contributed by atoms with Crippen molar-refractivity contribution in [2.45, 2.75) is 50.1 Å². The Morgan fingerprint density at radius 1 is 0.741 bits per heavy atom. The van der Waals surface area contributed by atoms with Gasteiger partial charge in [0.05, 0.1) is 12.7 Å². The van der Waals surface area contributed by atoms with Crippen molar-refractivity contribution in [1.82, 2.24) is 39.0 Å². The van der Waals surface area contributed by atoms with Crippen LogP contribution in [0.5, 0.6) is 0 Å². The van der Waals surface area contributed by atoms with Crippen LogP contribution in [-0.2, 0) is 45.8 Å². The average Bonchev–Trinajstić information content (AvgIpc) is 3.78. The molecule has 4 unspecified atom stereocenters. The first-order valence-electron chi connectivity index (χ1n) is 14.4. The zero-order valence-electron chi connectivity index (χ0n) is 26.6. The zero-order valence-corrected chi connectivity index (χ0v) is 30.1. The lowest BCUT2D eigenvalue weighted by Crippen LogP contribution is -2.20. The van der Waals surface area contributed by atoms with Crippen LogP contribution < -0.4 is 22.6 Å². The Morgan fingerprint density at radius 2 is 1.17 bits per heavy atom. The summed E-state index contributed by atoms with van der Waals surface area (Å²) in [6.07, 6.45) is -6.77. The number of aliphatic hydroxyl groups excluding tert-OH is 2. The molecule has 0 aliphatic carbocycles. The van der Waals surface area contributed by atoms with E-state index in [1.165, 1.54) is 15.5 Å². The van der Waals surface area contributed by atoms with Crippen molar-refractivity contribution >= 4 is 65.1 Å². The van der Waals surface area contributed by atoms with E-state index in [0.29, 0.717) is 0 Å². The number of phosphoric acid groups is 2. The third-order valence-corrected chi connectivity index (χ3v) is 11.3. The number of aromatic nitrogens is 8. The van der Waals surface area contributed by atoms with E-state index in [-0.39, 0.29) is 47.1 Å². The SMILES string of the molecule is Nc1nc2c(ncn2[C@@H]2O[C@H](OCP(=O)(O)O)CC2O)c(=O)[nH]1.Nc1nc2c(ncn2[C@@H]2O[C@H](OCP(=O)(O)OP(=O)(O)OP(=O)(O)O)CC2O)c(=O)[nH]1. The Hall–Kier alpha value is -3.34. The molecule has 4 aromatic rings. The Morgan fingerprint density at radius 3 is 1.57 bits per heavy atom. The number of nitrogens with one attached hydrogen (secondary N) is 2. The minimum atomic E-state index is -5.61. The highest BCUT2D eigenvalue weighted by atomic mass is 31.3. The van der Waals surface area contributed by atoms with Crippen LogP contribution >= 0.6 is 30.8 Å². The van der Waals surface area contributed by atoms with Gasteiger partial charge in [0.15, 0.2) is 60.1 Å². The molecule has 0 saturated carbocycles. The summed E-state index contributed by atoms with van der Waals surface area (Å²) in [4.78, 5) is 97.0. The van der Waals surface area contributed by atoms with Gasteiger partial charge in [0.25, 0.3) is 11.1 Å². The van der Waals surface area contributed by atoms with Crippen LogP contribution in [0.25, 0.3) is 22.3 Å². The summed E-state index contributed by atoms with van der Waals surface area (Å²) in [5, 5.41) is 20.3. The molecule has 0 bridgehead atoms. The van der Waals surface area contributed by atoms with Gasteiger partial charge in [-0.15, -0.1) is 0 Å². The number of ether oxygens (including phenoxy) is 4. The van der Waals surface area contributed by atoms with Crippen molar-refractivity contribution in [3.8, 4) is 0 Å². The summed E-state index contributed by atoms with van der Waals surface area (Å²) in [7, 11) is -20.5. The van der Waals surface area contributed by atoms with Crippen LogP contribution in [0.15, 0.2) is 22.2 Å². The highest BCUT2D eigenvalue weighted by Gasteiger charge is 2.43. The molecule has 54 heavy (non-hydrogen) atoms. The van der Waals surface area contributed by atoms with Crippen LogP contribution in [0.2, 0.25) is 0 Å². The molecule has 8 atom stereocenters. The summed E-state index contributed by atoms with van der Waals surface area (Å²) in [5.41, 5.74) is 9.84. The molecule has 2 fully saturated rings. The van der Waals surface area contributed by atoms with Crippen molar-refractivity contribution in [3.63, 3.8) is 0 Å². The molecule has 6 heterocycles. The second kappa shape index (κ2) is 15.7. The number of anilines is 2. The molecule has 0 aromatic carbocycles. The van der Waals surface area contributed by atoms with Gasteiger partial charge >= 0.3 is 30.8 Å². The fourth-order valence-electron chi connectivity index (χ4n) is 4.90. The molecule has 2 saturated heterocycles. The Balaban J connectivity index is 0.000000217. The highest BCUT2D eigenvalue weighted by molar-refractivity contribution is 7.68. The predicted molar refractivity (Wildman–Crippen MR) is 172 cm³/mol. The van der Waals surface area contributed by atoms with Gasteiger partial charge < -0.3 is 70.0 Å². The number of nitrogens with two attached hydrogens (primary N) is 2. The first-order valence-corrected chi connectivity index (χ1v) is 21.0. The van der Waals surface area contributed by atoms with Gasteiger partial charge in [0.1, 0.15) is 12.2 Å². The Kier molecular flexibility index (Phi) is 12.1. The minimum Gasteiger partial charge on any atom is -0.388 e. The molecule has 14 N–H and O–H groups in total. The molecule has 34 heteroatoms. The molecule has 6 rings (SSSR count). The molecule has 2 aliphatic rings. The minimum absolute atomic E-state index is 0.0109. The second-order valence-corrected chi connectivity index (χ2v) is 17.4. The topological polar surface area (TPSA) is 465 Å². The summed E-state index contributed by atoms with van der Waals surface area (Å²) < 4.78 is 75.1. The predicted octanol–water partition coefficient (Wildman–Crippen LogP) is -2.85. The van der Waals surface area contributed by atoms with Crippen LogP contribution in [0.1, 0.15) is 25.3 Å². The smallest absolute Gasteiger partial charge is 0.388 e. The zero-order chi connectivity index (χ0) is 40.0. The lowest BCUT2D eigenvalue weighted by atomic mass is 10.2. The molecular weight excluding hydrogens is 824 g/mol. The average molecular weight is 854 g/mol. The van der Waals surface area contributed by atoms with E-state index in [1.54, 1.807) is 0 Å². The first-order chi connectivity index (χ1) is 24.9. The lowest BCUT2D eigenvalue weighted by molar-refractivity contribution is -0.145. The van der Waals surface area contributed by atoms with Crippen molar-refractivity contribution in [2.24, 2.45) is 0 Å². The van der Waals surface area contributed by atoms with Gasteiger partial charge in [0, 0.05) is 12.8 Å². The molecule has 300 valence electrons. The van der Waals surface area contributed by atoms with Crippen LogP contribution in [-0.4, -0.2) is 116 Å². The van der Waals surface area contributed by atoms with Gasteiger partial charge in [-0.3, -0.25) is 37.8 Å². The van der Waals surface area contributed by atoms with Gasteiger partial charge in [0.2, 0.25) is 11.9 Å². The van der Waals surface area contributed by atoms with E-state index in [4.69, 9.17) is 54.9 Å². The van der Waals surface area contributed by atoms with Gasteiger partial charge in [-0.05, 0) is 0 Å². The van der Waals surface area contributed by atoms with E-state index in [0.717, 1.165) is 6.33 Å². The van der Waals surface area contributed by atoms with Crippen LogP contribution in [0, 0.1) is 0 Å². The Labute approximate surface area is 297 Å².